The molecule has 0 saturated heterocycles. The first kappa shape index (κ1) is 21.6. The van der Waals surface area contributed by atoms with E-state index in [1.54, 1.807) is 36.4 Å². The lowest BCUT2D eigenvalue weighted by Crippen LogP contribution is -2.23. The Kier molecular flexibility index (Phi) is 7.15. The lowest BCUT2D eigenvalue weighted by atomic mass is 9.99. The fourth-order valence-corrected chi connectivity index (χ4v) is 4.38. The van der Waals surface area contributed by atoms with E-state index in [0.29, 0.717) is 11.1 Å². The third-order valence-corrected chi connectivity index (χ3v) is 6.19. The molecule has 0 bridgehead atoms. The van der Waals surface area contributed by atoms with Crippen molar-refractivity contribution in [3.8, 4) is 0 Å². The van der Waals surface area contributed by atoms with Crippen LogP contribution in [0.15, 0.2) is 126 Å². The molecule has 0 spiro atoms. The molecular weight excluding hydrogens is 416 g/mol. The van der Waals surface area contributed by atoms with Crippen molar-refractivity contribution in [2.24, 2.45) is 0 Å². The van der Waals surface area contributed by atoms with Crippen molar-refractivity contribution in [1.82, 2.24) is 0 Å². The van der Waals surface area contributed by atoms with Crippen molar-refractivity contribution in [3.63, 3.8) is 0 Å². The first-order valence-corrected chi connectivity index (χ1v) is 11.2. The van der Waals surface area contributed by atoms with Gasteiger partial charge >= 0.3 is 5.97 Å². The quantitative estimate of drug-likeness (QED) is 0.175. The third-order valence-electron chi connectivity index (χ3n) is 4.95. The third kappa shape index (κ3) is 5.34. The Morgan fingerprint density at radius 2 is 1.06 bits per heavy atom. The molecule has 0 fully saturated rings. The minimum Gasteiger partial charge on any atom is -0.448 e. The van der Waals surface area contributed by atoms with Crippen LogP contribution in [0.5, 0.6) is 0 Å². The van der Waals surface area contributed by atoms with Crippen LogP contribution in [0.4, 0.5) is 0 Å². The van der Waals surface area contributed by atoms with Gasteiger partial charge in [-0.3, -0.25) is 9.59 Å². The van der Waals surface area contributed by atoms with E-state index in [-0.39, 0.29) is 5.78 Å². The van der Waals surface area contributed by atoms with Crippen LogP contribution in [0.3, 0.4) is 0 Å². The molecule has 0 aliphatic carbocycles. The lowest BCUT2D eigenvalue weighted by Gasteiger charge is -2.22. The number of carbonyl (C=O) groups is 2. The van der Waals surface area contributed by atoms with Gasteiger partial charge in [-0.2, -0.15) is 0 Å². The summed E-state index contributed by atoms with van der Waals surface area (Å²) < 4.78 is 5.93. The second kappa shape index (κ2) is 10.6. The van der Waals surface area contributed by atoms with E-state index in [0.717, 1.165) is 10.5 Å². The molecule has 0 N–H and O–H groups in total. The first-order valence-electron chi connectivity index (χ1n) is 10.3. The highest BCUT2D eigenvalue weighted by atomic mass is 32.2. The molecule has 3 nitrogen and oxygen atoms in total. The molecule has 0 radical (unpaired) electrons. The molecule has 0 unspecified atom stereocenters. The van der Waals surface area contributed by atoms with Gasteiger partial charge in [0.1, 0.15) is 5.25 Å². The van der Waals surface area contributed by atoms with Crippen molar-refractivity contribution in [1.29, 1.82) is 0 Å². The van der Waals surface area contributed by atoms with Crippen LogP contribution in [-0.4, -0.2) is 11.8 Å². The second-order valence-corrected chi connectivity index (χ2v) is 8.36. The highest BCUT2D eigenvalue weighted by Crippen LogP contribution is 2.37. The minimum absolute atomic E-state index is 0.248. The molecule has 4 rings (SSSR count). The van der Waals surface area contributed by atoms with Gasteiger partial charge in [0, 0.05) is 16.0 Å². The molecule has 4 aromatic carbocycles. The van der Waals surface area contributed by atoms with E-state index in [9.17, 15) is 9.59 Å². The number of esters is 1. The minimum atomic E-state index is -1.02. The monoisotopic (exact) mass is 438 g/mol. The molecule has 0 aliphatic heterocycles. The fraction of sp³-hybridized carbons (Fsp3) is 0.0714. The number of carbonyl (C=O) groups excluding carboxylic acids is 2. The average molecular weight is 439 g/mol. The molecule has 32 heavy (non-hydrogen) atoms. The van der Waals surface area contributed by atoms with Crippen LogP contribution in [0.25, 0.3) is 0 Å². The van der Waals surface area contributed by atoms with Crippen LogP contribution in [0, 0.1) is 0 Å². The Labute approximate surface area is 192 Å². The highest BCUT2D eigenvalue weighted by molar-refractivity contribution is 8.00. The molecule has 0 aromatic heterocycles. The van der Waals surface area contributed by atoms with Gasteiger partial charge in [-0.05, 0) is 17.7 Å². The summed E-state index contributed by atoms with van der Waals surface area (Å²) in [5, 5.41) is -0.603. The van der Waals surface area contributed by atoms with Crippen LogP contribution in [0.1, 0.15) is 32.8 Å². The summed E-state index contributed by atoms with van der Waals surface area (Å²) in [6.07, 6.45) is -1.02. The van der Waals surface area contributed by atoms with Crippen molar-refractivity contribution in [3.05, 3.63) is 138 Å². The number of benzene rings is 4. The standard InChI is InChI=1S/C28H22O3S/c29-25(21-13-5-1-6-14-21)26(22-15-7-2-8-16-22)31-28(30)27(23-17-9-3-10-18-23)32-24-19-11-4-12-20-24/h1-20,26-27H/t26-,27-/m0/s1. The summed E-state index contributed by atoms with van der Waals surface area (Å²) in [7, 11) is 0. The summed E-state index contributed by atoms with van der Waals surface area (Å²) in [6.45, 7) is 0. The van der Waals surface area contributed by atoms with E-state index in [2.05, 4.69) is 0 Å². The maximum absolute atomic E-state index is 13.5. The van der Waals surface area contributed by atoms with Crippen LogP contribution in [-0.2, 0) is 9.53 Å². The van der Waals surface area contributed by atoms with E-state index in [1.165, 1.54) is 11.8 Å². The number of hydrogen-bond acceptors (Lipinski definition) is 4. The predicted octanol–water partition coefficient (Wildman–Crippen LogP) is 6.69. The summed E-state index contributed by atoms with van der Waals surface area (Å²) in [4.78, 5) is 27.7. The molecule has 0 aliphatic rings. The number of thioether (sulfide) groups is 1. The topological polar surface area (TPSA) is 43.4 Å². The predicted molar refractivity (Wildman–Crippen MR) is 128 cm³/mol. The second-order valence-electron chi connectivity index (χ2n) is 7.18. The van der Waals surface area contributed by atoms with Crippen molar-refractivity contribution in [2.75, 3.05) is 0 Å². The maximum Gasteiger partial charge on any atom is 0.325 e. The largest absolute Gasteiger partial charge is 0.448 e. The van der Waals surface area contributed by atoms with E-state index < -0.39 is 17.3 Å². The number of Topliss-reactive ketones (excluding diaryl/α,β-unsaturated/α-hetero) is 1. The normalized spacial score (nSPS) is 12.5. The zero-order valence-electron chi connectivity index (χ0n) is 17.3. The summed E-state index contributed by atoms with van der Waals surface area (Å²) in [5.74, 6) is -0.704. The Morgan fingerprint density at radius 1 is 0.594 bits per heavy atom. The molecule has 158 valence electrons. The van der Waals surface area contributed by atoms with Gasteiger partial charge in [0.05, 0.1) is 0 Å². The number of hydrogen-bond donors (Lipinski definition) is 0. The summed E-state index contributed by atoms with van der Waals surface area (Å²) in [5.41, 5.74) is 1.97. The van der Waals surface area contributed by atoms with E-state index >= 15 is 0 Å². The fourth-order valence-electron chi connectivity index (χ4n) is 3.35. The van der Waals surface area contributed by atoms with Gasteiger partial charge in [-0.1, -0.05) is 109 Å². The van der Waals surface area contributed by atoms with Crippen molar-refractivity contribution >= 4 is 23.5 Å². The molecule has 0 heterocycles. The number of rotatable bonds is 8. The number of ether oxygens (including phenoxy) is 1. The number of ketones is 1. The van der Waals surface area contributed by atoms with E-state index in [4.69, 9.17) is 4.74 Å². The molecule has 4 heteroatoms. The zero-order valence-corrected chi connectivity index (χ0v) is 18.2. The van der Waals surface area contributed by atoms with Crippen molar-refractivity contribution < 1.29 is 14.3 Å². The van der Waals surface area contributed by atoms with E-state index in [1.807, 2.05) is 84.9 Å². The SMILES string of the molecule is O=C(c1ccccc1)[C@@H](OC(=O)[C@@H](Sc1ccccc1)c1ccccc1)c1ccccc1. The van der Waals surface area contributed by atoms with Crippen molar-refractivity contribution in [2.45, 2.75) is 16.2 Å². The van der Waals surface area contributed by atoms with Gasteiger partial charge in [0.25, 0.3) is 0 Å². The van der Waals surface area contributed by atoms with Crippen LogP contribution < -0.4 is 0 Å². The van der Waals surface area contributed by atoms with Gasteiger partial charge in [0.15, 0.2) is 6.10 Å². The smallest absolute Gasteiger partial charge is 0.325 e. The van der Waals surface area contributed by atoms with Crippen LogP contribution in [0.2, 0.25) is 0 Å². The Bertz CT molecular complexity index is 1150. The van der Waals surface area contributed by atoms with Gasteiger partial charge in [-0.15, -0.1) is 11.8 Å². The van der Waals surface area contributed by atoms with Gasteiger partial charge in [-0.25, -0.2) is 0 Å². The zero-order chi connectivity index (χ0) is 22.2. The first-order chi connectivity index (χ1) is 15.7. The average Bonchev–Trinajstić information content (AvgIpc) is 2.87. The Morgan fingerprint density at radius 3 is 1.62 bits per heavy atom. The summed E-state index contributed by atoms with van der Waals surface area (Å²) in [6, 6.07) is 37.3. The Hall–Kier alpha value is -3.63. The summed E-state index contributed by atoms with van der Waals surface area (Å²) >= 11 is 1.41. The molecule has 2 atom stereocenters. The highest BCUT2D eigenvalue weighted by Gasteiger charge is 2.31. The van der Waals surface area contributed by atoms with Gasteiger partial charge < -0.3 is 4.74 Å². The van der Waals surface area contributed by atoms with Gasteiger partial charge in [0.2, 0.25) is 5.78 Å². The van der Waals surface area contributed by atoms with Crippen LogP contribution >= 0.6 is 11.8 Å². The molecule has 4 aromatic rings. The lowest BCUT2D eigenvalue weighted by molar-refractivity contribution is -0.146. The molecule has 0 saturated carbocycles. The maximum atomic E-state index is 13.5. The molecular formula is C28H22O3S. The Balaban J connectivity index is 1.66. The molecule has 0 amide bonds.